The zero-order valence-electron chi connectivity index (χ0n) is 11.2. The van der Waals surface area contributed by atoms with Gasteiger partial charge in [-0.25, -0.2) is 13.8 Å². The van der Waals surface area contributed by atoms with Crippen LogP contribution in [0.15, 0.2) is 48.5 Å². The summed E-state index contributed by atoms with van der Waals surface area (Å²) < 4.78 is 31.9. The van der Waals surface area contributed by atoms with E-state index in [0.29, 0.717) is 11.3 Å². The maximum atomic E-state index is 13.2. The van der Waals surface area contributed by atoms with Crippen molar-refractivity contribution in [2.75, 3.05) is 5.73 Å². The number of halogens is 2. The lowest BCUT2D eigenvalue weighted by atomic mass is 10.1. The lowest BCUT2D eigenvalue weighted by molar-refractivity contribution is 0.444. The molecule has 1 aromatic heterocycles. The SMILES string of the molecule is Nc1nnc(Oc2cc(F)cc(F)c2)c(-c2ccccc2)n1. The highest BCUT2D eigenvalue weighted by Gasteiger charge is 2.13. The highest BCUT2D eigenvalue weighted by Crippen LogP contribution is 2.30. The Bertz CT molecular complexity index is 792. The van der Waals surface area contributed by atoms with Crippen molar-refractivity contribution in [2.24, 2.45) is 0 Å². The van der Waals surface area contributed by atoms with Gasteiger partial charge in [0.25, 0.3) is 5.88 Å². The van der Waals surface area contributed by atoms with Gasteiger partial charge in [-0.15, -0.1) is 10.2 Å². The fourth-order valence-corrected chi connectivity index (χ4v) is 1.88. The van der Waals surface area contributed by atoms with E-state index in [1.54, 1.807) is 24.3 Å². The molecule has 2 N–H and O–H groups in total. The van der Waals surface area contributed by atoms with Gasteiger partial charge >= 0.3 is 0 Å². The topological polar surface area (TPSA) is 73.9 Å². The number of hydrogen-bond acceptors (Lipinski definition) is 5. The van der Waals surface area contributed by atoms with E-state index < -0.39 is 11.6 Å². The molecule has 3 rings (SSSR count). The van der Waals surface area contributed by atoms with Crippen LogP contribution in [0.5, 0.6) is 11.6 Å². The van der Waals surface area contributed by atoms with Crippen molar-refractivity contribution >= 4 is 5.95 Å². The summed E-state index contributed by atoms with van der Waals surface area (Å²) in [7, 11) is 0. The first-order valence-corrected chi connectivity index (χ1v) is 6.31. The highest BCUT2D eigenvalue weighted by molar-refractivity contribution is 5.65. The number of rotatable bonds is 3. The third kappa shape index (κ3) is 2.98. The molecule has 0 saturated heterocycles. The molecule has 0 radical (unpaired) electrons. The molecule has 3 aromatic rings. The maximum absolute atomic E-state index is 13.2. The van der Waals surface area contributed by atoms with E-state index in [1.807, 2.05) is 6.07 Å². The summed E-state index contributed by atoms with van der Waals surface area (Å²) in [5.74, 6) is -1.59. The normalized spacial score (nSPS) is 10.5. The second-order valence-electron chi connectivity index (χ2n) is 4.40. The van der Waals surface area contributed by atoms with Gasteiger partial charge in [-0.3, -0.25) is 0 Å². The molecule has 0 aliphatic rings. The second kappa shape index (κ2) is 5.72. The van der Waals surface area contributed by atoms with Crippen LogP contribution < -0.4 is 10.5 Å². The second-order valence-corrected chi connectivity index (χ2v) is 4.40. The minimum absolute atomic E-state index is 0.00500. The number of nitrogens with two attached hydrogens (primary N) is 1. The van der Waals surface area contributed by atoms with Crippen molar-refractivity contribution in [2.45, 2.75) is 0 Å². The molecular formula is C15H10F2N4O. The molecule has 0 unspecified atom stereocenters. The van der Waals surface area contributed by atoms with Gasteiger partial charge in [-0.05, 0) is 0 Å². The van der Waals surface area contributed by atoms with Crippen LogP contribution in [0.3, 0.4) is 0 Å². The number of benzene rings is 2. The zero-order chi connectivity index (χ0) is 15.5. The minimum Gasteiger partial charge on any atom is -0.436 e. The number of anilines is 1. The Kier molecular flexibility index (Phi) is 3.61. The van der Waals surface area contributed by atoms with Crippen LogP contribution in [0, 0.1) is 11.6 Å². The standard InChI is InChI=1S/C15H10F2N4O/c16-10-6-11(17)8-12(7-10)22-14-13(19-15(18)21-20-14)9-4-2-1-3-5-9/h1-8H,(H2,18,19,21). The van der Waals surface area contributed by atoms with Gasteiger partial charge in [0.2, 0.25) is 5.95 Å². The van der Waals surface area contributed by atoms with Crippen LogP contribution in [0.2, 0.25) is 0 Å². The van der Waals surface area contributed by atoms with Crippen molar-refractivity contribution in [3.05, 3.63) is 60.2 Å². The van der Waals surface area contributed by atoms with Crippen molar-refractivity contribution in [3.63, 3.8) is 0 Å². The molecular weight excluding hydrogens is 290 g/mol. The summed E-state index contributed by atoms with van der Waals surface area (Å²) >= 11 is 0. The molecule has 0 fully saturated rings. The summed E-state index contributed by atoms with van der Waals surface area (Å²) in [6.07, 6.45) is 0. The fourth-order valence-electron chi connectivity index (χ4n) is 1.88. The molecule has 110 valence electrons. The van der Waals surface area contributed by atoms with Crippen LogP contribution in [0.25, 0.3) is 11.3 Å². The first-order chi connectivity index (χ1) is 10.6. The number of ether oxygens (including phenoxy) is 1. The summed E-state index contributed by atoms with van der Waals surface area (Å²) in [5.41, 5.74) is 6.57. The molecule has 7 heteroatoms. The van der Waals surface area contributed by atoms with Gasteiger partial charge in [-0.2, -0.15) is 0 Å². The molecule has 1 heterocycles. The lowest BCUT2D eigenvalue weighted by Gasteiger charge is -2.09. The molecule has 0 saturated carbocycles. The van der Waals surface area contributed by atoms with Crippen LogP contribution in [-0.2, 0) is 0 Å². The van der Waals surface area contributed by atoms with Crippen LogP contribution in [0.1, 0.15) is 0 Å². The Labute approximate surface area is 124 Å². The molecule has 0 spiro atoms. The molecule has 0 aliphatic carbocycles. The first-order valence-electron chi connectivity index (χ1n) is 6.31. The van der Waals surface area contributed by atoms with Gasteiger partial charge in [-0.1, -0.05) is 30.3 Å². The average Bonchev–Trinajstić information content (AvgIpc) is 2.49. The summed E-state index contributed by atoms with van der Waals surface area (Å²) in [6.45, 7) is 0. The molecule has 5 nitrogen and oxygen atoms in total. The summed E-state index contributed by atoms with van der Waals surface area (Å²) in [5, 5.41) is 7.42. The minimum atomic E-state index is -0.757. The highest BCUT2D eigenvalue weighted by atomic mass is 19.1. The number of nitrogens with zero attached hydrogens (tertiary/aromatic N) is 3. The number of aromatic nitrogens is 3. The number of nitrogen functional groups attached to an aromatic ring is 1. The quantitative estimate of drug-likeness (QED) is 0.804. The predicted octanol–water partition coefficient (Wildman–Crippen LogP) is 3.19. The molecule has 0 aliphatic heterocycles. The Balaban J connectivity index is 2.04. The smallest absolute Gasteiger partial charge is 0.265 e. The van der Waals surface area contributed by atoms with Gasteiger partial charge < -0.3 is 10.5 Å². The molecule has 2 aromatic carbocycles. The Hall–Kier alpha value is -3.09. The van der Waals surface area contributed by atoms with E-state index in [4.69, 9.17) is 10.5 Å². The van der Waals surface area contributed by atoms with Crippen molar-refractivity contribution < 1.29 is 13.5 Å². The van der Waals surface area contributed by atoms with Crippen molar-refractivity contribution in [1.82, 2.24) is 15.2 Å². The van der Waals surface area contributed by atoms with E-state index in [2.05, 4.69) is 15.2 Å². The van der Waals surface area contributed by atoms with Gasteiger partial charge in [0.15, 0.2) is 0 Å². The van der Waals surface area contributed by atoms with E-state index in [1.165, 1.54) is 0 Å². The van der Waals surface area contributed by atoms with Crippen molar-refractivity contribution in [3.8, 4) is 22.9 Å². The monoisotopic (exact) mass is 300 g/mol. The third-order valence-corrected chi connectivity index (χ3v) is 2.77. The van der Waals surface area contributed by atoms with E-state index in [9.17, 15) is 8.78 Å². The largest absolute Gasteiger partial charge is 0.436 e. The molecule has 0 atom stereocenters. The van der Waals surface area contributed by atoms with Crippen molar-refractivity contribution in [1.29, 1.82) is 0 Å². The fraction of sp³-hybridized carbons (Fsp3) is 0. The van der Waals surface area contributed by atoms with Crippen LogP contribution in [-0.4, -0.2) is 15.2 Å². The first kappa shape index (κ1) is 13.9. The summed E-state index contributed by atoms with van der Waals surface area (Å²) in [6, 6.07) is 11.8. The van der Waals surface area contributed by atoms with E-state index in [-0.39, 0.29) is 17.6 Å². The summed E-state index contributed by atoms with van der Waals surface area (Å²) in [4.78, 5) is 4.08. The van der Waals surface area contributed by atoms with E-state index >= 15 is 0 Å². The van der Waals surface area contributed by atoms with Gasteiger partial charge in [0.1, 0.15) is 23.1 Å². The molecule has 0 bridgehead atoms. The van der Waals surface area contributed by atoms with Crippen LogP contribution in [0.4, 0.5) is 14.7 Å². The van der Waals surface area contributed by atoms with Crippen LogP contribution >= 0.6 is 0 Å². The molecule has 22 heavy (non-hydrogen) atoms. The van der Waals surface area contributed by atoms with E-state index in [0.717, 1.165) is 18.2 Å². The lowest BCUT2D eigenvalue weighted by Crippen LogP contribution is -2.02. The zero-order valence-corrected chi connectivity index (χ0v) is 11.2. The number of hydrogen-bond donors (Lipinski definition) is 1. The third-order valence-electron chi connectivity index (χ3n) is 2.77. The maximum Gasteiger partial charge on any atom is 0.265 e. The molecule has 0 amide bonds. The van der Waals surface area contributed by atoms with Gasteiger partial charge in [0.05, 0.1) is 0 Å². The Morgan fingerprint density at radius 3 is 2.27 bits per heavy atom. The Morgan fingerprint density at radius 2 is 1.59 bits per heavy atom. The predicted molar refractivity (Wildman–Crippen MR) is 76.1 cm³/mol. The Morgan fingerprint density at radius 1 is 0.909 bits per heavy atom. The average molecular weight is 300 g/mol. The van der Waals surface area contributed by atoms with Gasteiger partial charge in [0, 0.05) is 23.8 Å².